The summed E-state index contributed by atoms with van der Waals surface area (Å²) in [5.41, 5.74) is 0.994. The van der Waals surface area contributed by atoms with Gasteiger partial charge in [-0.3, -0.25) is 4.68 Å². The van der Waals surface area contributed by atoms with Crippen molar-refractivity contribution in [3.63, 3.8) is 0 Å². The van der Waals surface area contributed by atoms with E-state index in [1.54, 1.807) is 0 Å². The molecule has 0 aromatic carbocycles. The Labute approximate surface area is 138 Å². The zero-order valence-corrected chi connectivity index (χ0v) is 14.2. The quantitative estimate of drug-likeness (QED) is 0.896. The third-order valence-corrected chi connectivity index (χ3v) is 6.19. The van der Waals surface area contributed by atoms with Crippen LogP contribution in [0, 0.1) is 17.8 Å². The summed E-state index contributed by atoms with van der Waals surface area (Å²) in [6, 6.07) is 1.90. The van der Waals surface area contributed by atoms with Crippen LogP contribution in [0.25, 0.3) is 0 Å². The second-order valence-electron chi connectivity index (χ2n) is 8.11. The molecule has 1 heterocycles. The third kappa shape index (κ3) is 2.86. The molecule has 4 fully saturated rings. The fraction of sp³-hybridized carbons (Fsp3) is 0.778. The summed E-state index contributed by atoms with van der Waals surface area (Å²) < 4.78 is 1.89. The Morgan fingerprint density at radius 1 is 1.30 bits per heavy atom. The molecule has 2 amide bonds. The average molecular weight is 316 g/mol. The smallest absolute Gasteiger partial charge is 0.315 e. The largest absolute Gasteiger partial charge is 0.333 e. The van der Waals surface area contributed by atoms with Crippen LogP contribution in [0.1, 0.15) is 64.1 Å². The predicted molar refractivity (Wildman–Crippen MR) is 88.9 cm³/mol. The van der Waals surface area contributed by atoms with E-state index in [2.05, 4.69) is 22.7 Å². The standard InChI is InChI=1S/C18H28N4O/c1-3-22-5-4-16(21-22)12(2)19-17(23)20-18-9-13-6-14(10-18)8-15(7-13)11-18/h4-5,12-15H,3,6-11H2,1-2H3,(H2,19,20,23). The summed E-state index contributed by atoms with van der Waals surface area (Å²) in [6.07, 6.45) is 9.71. The number of carbonyl (C=O) groups is 1. The molecule has 5 rings (SSSR count). The Morgan fingerprint density at radius 3 is 2.43 bits per heavy atom. The topological polar surface area (TPSA) is 59.0 Å². The van der Waals surface area contributed by atoms with Gasteiger partial charge in [-0.2, -0.15) is 5.10 Å². The lowest BCUT2D eigenvalue weighted by atomic mass is 9.53. The van der Waals surface area contributed by atoms with Gasteiger partial charge in [0.25, 0.3) is 0 Å². The molecule has 0 saturated heterocycles. The van der Waals surface area contributed by atoms with E-state index >= 15 is 0 Å². The predicted octanol–water partition coefficient (Wildman–Crippen LogP) is 3.23. The number of urea groups is 1. The van der Waals surface area contributed by atoms with Gasteiger partial charge >= 0.3 is 6.03 Å². The van der Waals surface area contributed by atoms with Crippen molar-refractivity contribution in [2.45, 2.75) is 70.5 Å². The van der Waals surface area contributed by atoms with Crippen LogP contribution >= 0.6 is 0 Å². The van der Waals surface area contributed by atoms with E-state index in [1.165, 1.54) is 38.5 Å². The van der Waals surface area contributed by atoms with Gasteiger partial charge in [0.05, 0.1) is 11.7 Å². The van der Waals surface area contributed by atoms with Gasteiger partial charge in [0, 0.05) is 18.3 Å². The number of hydrogen-bond acceptors (Lipinski definition) is 2. The van der Waals surface area contributed by atoms with Crippen LogP contribution in [0.15, 0.2) is 12.3 Å². The first-order chi connectivity index (χ1) is 11.0. The molecule has 0 radical (unpaired) electrons. The molecular weight excluding hydrogens is 288 g/mol. The lowest BCUT2D eigenvalue weighted by molar-refractivity contribution is -0.0136. The normalized spacial score (nSPS) is 36.0. The zero-order chi connectivity index (χ0) is 16.0. The van der Waals surface area contributed by atoms with Gasteiger partial charge in [0.1, 0.15) is 0 Å². The highest BCUT2D eigenvalue weighted by Crippen LogP contribution is 2.55. The Morgan fingerprint density at radius 2 is 1.91 bits per heavy atom. The molecular formula is C18H28N4O. The average Bonchev–Trinajstić information content (AvgIpc) is 2.93. The van der Waals surface area contributed by atoms with Crippen LogP contribution in [0.3, 0.4) is 0 Å². The van der Waals surface area contributed by atoms with Crippen LogP contribution in [-0.4, -0.2) is 21.4 Å². The Bertz CT molecular complexity index is 558. The van der Waals surface area contributed by atoms with Crippen molar-refractivity contribution >= 4 is 6.03 Å². The second-order valence-corrected chi connectivity index (χ2v) is 8.11. The van der Waals surface area contributed by atoms with Crippen molar-refractivity contribution in [2.24, 2.45) is 17.8 Å². The maximum atomic E-state index is 12.5. The van der Waals surface area contributed by atoms with Crippen molar-refractivity contribution in [2.75, 3.05) is 0 Å². The van der Waals surface area contributed by atoms with E-state index in [0.717, 1.165) is 30.0 Å². The van der Waals surface area contributed by atoms with Crippen LogP contribution in [0.2, 0.25) is 0 Å². The number of rotatable bonds is 4. The fourth-order valence-electron chi connectivity index (χ4n) is 5.60. The molecule has 4 aliphatic rings. The van der Waals surface area contributed by atoms with Gasteiger partial charge in [-0.1, -0.05) is 0 Å². The fourth-order valence-corrected chi connectivity index (χ4v) is 5.60. The Hall–Kier alpha value is -1.52. The van der Waals surface area contributed by atoms with Gasteiger partial charge in [-0.05, 0) is 76.2 Å². The highest BCUT2D eigenvalue weighted by atomic mass is 16.2. The van der Waals surface area contributed by atoms with Crippen LogP contribution in [0.4, 0.5) is 4.79 Å². The van der Waals surface area contributed by atoms with Crippen molar-refractivity contribution < 1.29 is 4.79 Å². The van der Waals surface area contributed by atoms with Gasteiger partial charge in [-0.25, -0.2) is 4.79 Å². The third-order valence-electron chi connectivity index (χ3n) is 6.19. The number of nitrogens with zero attached hydrogens (tertiary/aromatic N) is 2. The molecule has 23 heavy (non-hydrogen) atoms. The number of aromatic nitrogens is 2. The van der Waals surface area contributed by atoms with Crippen LogP contribution in [0.5, 0.6) is 0 Å². The molecule has 4 aliphatic carbocycles. The van der Waals surface area contributed by atoms with E-state index < -0.39 is 0 Å². The molecule has 1 aromatic rings. The number of aryl methyl sites for hydroxylation is 1. The molecule has 0 spiro atoms. The lowest BCUT2D eigenvalue weighted by Crippen LogP contribution is -2.61. The van der Waals surface area contributed by atoms with Gasteiger partial charge in [-0.15, -0.1) is 0 Å². The van der Waals surface area contributed by atoms with E-state index in [4.69, 9.17) is 0 Å². The number of nitrogens with one attached hydrogen (secondary N) is 2. The minimum Gasteiger partial charge on any atom is -0.333 e. The molecule has 1 aromatic heterocycles. The molecule has 5 nitrogen and oxygen atoms in total. The van der Waals surface area contributed by atoms with E-state index in [1.807, 2.05) is 23.9 Å². The molecule has 4 saturated carbocycles. The van der Waals surface area contributed by atoms with Crippen molar-refractivity contribution in [1.82, 2.24) is 20.4 Å². The summed E-state index contributed by atoms with van der Waals surface area (Å²) in [7, 11) is 0. The SMILES string of the molecule is CCn1ccc(C(C)NC(=O)NC23CC4CC(CC(C4)C2)C3)n1. The first kappa shape index (κ1) is 15.0. The molecule has 0 aliphatic heterocycles. The minimum absolute atomic E-state index is 0.0227. The van der Waals surface area contributed by atoms with Crippen LogP contribution in [-0.2, 0) is 6.54 Å². The maximum absolute atomic E-state index is 12.5. The molecule has 1 unspecified atom stereocenters. The van der Waals surface area contributed by atoms with E-state index in [-0.39, 0.29) is 17.6 Å². The monoisotopic (exact) mass is 316 g/mol. The van der Waals surface area contributed by atoms with Crippen LogP contribution < -0.4 is 10.6 Å². The first-order valence-corrected chi connectivity index (χ1v) is 9.17. The summed E-state index contributed by atoms with van der Waals surface area (Å²) in [4.78, 5) is 12.5. The van der Waals surface area contributed by atoms with Crippen molar-refractivity contribution in [1.29, 1.82) is 0 Å². The highest BCUT2D eigenvalue weighted by molar-refractivity contribution is 5.75. The number of hydrogen-bond donors (Lipinski definition) is 2. The summed E-state index contributed by atoms with van der Waals surface area (Å²) in [5, 5.41) is 10.9. The number of carbonyl (C=O) groups excluding carboxylic acids is 1. The van der Waals surface area contributed by atoms with Gasteiger partial charge in [0.2, 0.25) is 0 Å². The summed E-state index contributed by atoms with van der Waals surface area (Å²) >= 11 is 0. The molecule has 5 heteroatoms. The van der Waals surface area contributed by atoms with Crippen molar-refractivity contribution in [3.05, 3.63) is 18.0 Å². The Kier molecular flexibility index (Phi) is 3.62. The van der Waals surface area contributed by atoms with E-state index in [9.17, 15) is 4.79 Å². The van der Waals surface area contributed by atoms with E-state index in [0.29, 0.717) is 0 Å². The second kappa shape index (κ2) is 5.53. The lowest BCUT2D eigenvalue weighted by Gasteiger charge is -2.56. The summed E-state index contributed by atoms with van der Waals surface area (Å²) in [5.74, 6) is 2.54. The minimum atomic E-state index is -0.0586. The Balaban J connectivity index is 1.38. The summed E-state index contributed by atoms with van der Waals surface area (Å²) in [6.45, 7) is 4.92. The molecule has 2 N–H and O–H groups in total. The molecule has 126 valence electrons. The van der Waals surface area contributed by atoms with Gasteiger partial charge in [0.15, 0.2) is 0 Å². The first-order valence-electron chi connectivity index (χ1n) is 9.17. The highest BCUT2D eigenvalue weighted by Gasteiger charge is 2.51. The zero-order valence-electron chi connectivity index (χ0n) is 14.2. The van der Waals surface area contributed by atoms with Gasteiger partial charge < -0.3 is 10.6 Å². The molecule has 4 bridgehead atoms. The maximum Gasteiger partial charge on any atom is 0.315 e. The van der Waals surface area contributed by atoms with Crippen molar-refractivity contribution in [3.8, 4) is 0 Å². The molecule has 1 atom stereocenters. The number of amides is 2.